The SMILES string of the molecule is C[C@H](Cc1cc(C(N)=O)nc(N2CC(c3ccc(OC(F)(F)F)cc3)C2)n1)C(N)=O.C[C@H](Nc1cc(C(N)=O)nc(Cl)n1)C(N)=O.FC(F)(F)Oc1ccc(C2CNC2)cc1. The summed E-state index contributed by atoms with van der Waals surface area (Å²) in [6, 6.07) is 13.8. The molecule has 2 fully saturated rings. The zero-order valence-corrected chi connectivity index (χ0v) is 33.0. The van der Waals surface area contributed by atoms with Crippen LogP contribution in [0.4, 0.5) is 38.1 Å². The van der Waals surface area contributed by atoms with Crippen molar-refractivity contribution >= 4 is 47.0 Å². The van der Waals surface area contributed by atoms with Crippen molar-refractivity contribution in [2.75, 3.05) is 36.4 Å². The Balaban J connectivity index is 0.000000222. The molecule has 2 aliphatic heterocycles. The van der Waals surface area contributed by atoms with Crippen molar-refractivity contribution in [3.8, 4) is 11.5 Å². The summed E-state index contributed by atoms with van der Waals surface area (Å²) in [5.74, 6) is -2.45. The zero-order valence-electron chi connectivity index (χ0n) is 32.3. The molecule has 2 aromatic heterocycles. The summed E-state index contributed by atoms with van der Waals surface area (Å²) >= 11 is 5.57. The minimum Gasteiger partial charge on any atom is -0.406 e. The second kappa shape index (κ2) is 20.2. The number of carbonyl (C=O) groups is 4. The molecule has 6 rings (SSSR count). The molecule has 0 spiro atoms. The lowest BCUT2D eigenvalue weighted by Crippen LogP contribution is -2.46. The summed E-state index contributed by atoms with van der Waals surface area (Å²) in [4.78, 5) is 62.3. The minimum atomic E-state index is -4.73. The highest BCUT2D eigenvalue weighted by Crippen LogP contribution is 2.32. The number of nitrogens with zero attached hydrogens (tertiary/aromatic N) is 5. The number of nitrogens with two attached hydrogens (primary N) is 4. The zero-order chi connectivity index (χ0) is 45.2. The quantitative estimate of drug-likeness (QED) is 0.0830. The molecule has 0 unspecified atom stereocenters. The van der Waals surface area contributed by atoms with Gasteiger partial charge in [-0.25, -0.2) is 19.9 Å². The average Bonchev–Trinajstić information content (AvgIpc) is 3.10. The van der Waals surface area contributed by atoms with E-state index < -0.39 is 48.3 Å². The number of amides is 4. The molecule has 4 aromatic rings. The standard InChI is InChI=1S/C19H20F3N5O3.C10H10F3NO.C8H10ClN5O2/c1-10(16(23)28)6-13-7-15(17(24)29)26-18(25-13)27-8-12(9-27)11-2-4-14(5-3-11)30-19(20,21)22;11-10(12,13)15-9-3-1-7(2-4-9)8-5-14-6-8;1-3(6(10)15)12-5-2-4(7(11)16)13-8(9)14-5/h2-5,7,10,12H,6,8-9H2,1H3,(H2,23,28)(H2,24,29);1-4,8,14H,5-6H2;2-3H,1H3,(H2,10,15)(H2,11,16)(H,12,13,14)/t10-;;3-/m1.0/s1. The van der Waals surface area contributed by atoms with Gasteiger partial charge in [0, 0.05) is 62.1 Å². The van der Waals surface area contributed by atoms with Crippen LogP contribution in [0.5, 0.6) is 11.5 Å². The Hall–Kier alpha value is -6.49. The highest BCUT2D eigenvalue weighted by molar-refractivity contribution is 6.28. The number of rotatable bonds is 13. The fourth-order valence-electron chi connectivity index (χ4n) is 5.44. The first-order valence-corrected chi connectivity index (χ1v) is 18.4. The molecule has 2 saturated heterocycles. The molecule has 10 N–H and O–H groups in total. The number of halogens is 7. The molecule has 24 heteroatoms. The van der Waals surface area contributed by atoms with Crippen molar-refractivity contribution in [2.45, 2.75) is 50.9 Å². The van der Waals surface area contributed by atoms with Crippen molar-refractivity contribution in [1.29, 1.82) is 0 Å². The summed E-state index contributed by atoms with van der Waals surface area (Å²) in [5.41, 5.74) is 23.1. The van der Waals surface area contributed by atoms with Gasteiger partial charge in [-0.3, -0.25) is 19.2 Å². The molecule has 4 amide bonds. The van der Waals surface area contributed by atoms with Crippen LogP contribution in [0.3, 0.4) is 0 Å². The van der Waals surface area contributed by atoms with Gasteiger partial charge in [0.25, 0.3) is 11.8 Å². The van der Waals surface area contributed by atoms with Crippen LogP contribution in [0.25, 0.3) is 0 Å². The lowest BCUT2D eigenvalue weighted by atomic mass is 9.92. The van der Waals surface area contributed by atoms with Gasteiger partial charge in [-0.2, -0.15) is 0 Å². The maximum Gasteiger partial charge on any atom is 0.573 e. The molecule has 0 bridgehead atoms. The maximum absolute atomic E-state index is 12.3. The Morgan fingerprint density at radius 1 is 0.754 bits per heavy atom. The van der Waals surface area contributed by atoms with Gasteiger partial charge in [0.2, 0.25) is 23.0 Å². The summed E-state index contributed by atoms with van der Waals surface area (Å²) in [6.07, 6.45) is -9.11. The van der Waals surface area contributed by atoms with Crippen molar-refractivity contribution in [3.05, 3.63) is 94.2 Å². The number of anilines is 2. The van der Waals surface area contributed by atoms with Gasteiger partial charge in [-0.1, -0.05) is 31.2 Å². The number of nitrogens with one attached hydrogen (secondary N) is 2. The fourth-order valence-corrected chi connectivity index (χ4v) is 5.62. The Bertz CT molecular complexity index is 2170. The number of carbonyl (C=O) groups excluding carboxylic acids is 4. The summed E-state index contributed by atoms with van der Waals surface area (Å²) < 4.78 is 80.0. The minimum absolute atomic E-state index is 0.0313. The van der Waals surface area contributed by atoms with Crippen molar-refractivity contribution in [1.82, 2.24) is 25.3 Å². The predicted molar refractivity (Wildman–Crippen MR) is 207 cm³/mol. The predicted octanol–water partition coefficient (Wildman–Crippen LogP) is 3.53. The molecule has 328 valence electrons. The molecule has 0 radical (unpaired) electrons. The molecule has 2 aliphatic rings. The lowest BCUT2D eigenvalue weighted by Gasteiger charge is -2.39. The van der Waals surface area contributed by atoms with Crippen molar-refractivity contribution < 1.29 is 55.0 Å². The van der Waals surface area contributed by atoms with Gasteiger partial charge in [0.1, 0.15) is 34.7 Å². The Labute approximate surface area is 348 Å². The number of alkyl halides is 6. The van der Waals surface area contributed by atoms with E-state index in [1.807, 2.05) is 4.90 Å². The number of aromatic nitrogens is 4. The molecule has 17 nitrogen and oxygen atoms in total. The van der Waals surface area contributed by atoms with E-state index in [-0.39, 0.29) is 46.3 Å². The average molecular weight is 884 g/mol. The maximum atomic E-state index is 12.3. The smallest absolute Gasteiger partial charge is 0.406 e. The van der Waals surface area contributed by atoms with E-state index in [1.165, 1.54) is 36.4 Å². The van der Waals surface area contributed by atoms with Gasteiger partial charge in [-0.15, -0.1) is 26.3 Å². The largest absolute Gasteiger partial charge is 0.573 e. The number of benzene rings is 2. The molecular formula is C37H40ClF6N11O6. The third-order valence-electron chi connectivity index (χ3n) is 8.88. The highest BCUT2D eigenvalue weighted by atomic mass is 35.5. The molecule has 0 saturated carbocycles. The van der Waals surface area contributed by atoms with E-state index in [9.17, 15) is 45.5 Å². The monoisotopic (exact) mass is 883 g/mol. The molecule has 2 aromatic carbocycles. The first-order chi connectivity index (χ1) is 28.5. The Kier molecular flexibility index (Phi) is 15.6. The molecule has 0 aliphatic carbocycles. The van der Waals surface area contributed by atoms with E-state index in [0.29, 0.717) is 30.6 Å². The second-order valence-corrected chi connectivity index (χ2v) is 14.0. The van der Waals surface area contributed by atoms with Crippen molar-refractivity contribution in [2.24, 2.45) is 28.9 Å². The fraction of sp³-hybridized carbons (Fsp3) is 0.351. The third kappa shape index (κ3) is 14.9. The summed E-state index contributed by atoms with van der Waals surface area (Å²) in [6.45, 7) is 5.99. The van der Waals surface area contributed by atoms with E-state index in [0.717, 1.165) is 24.2 Å². The van der Waals surface area contributed by atoms with Crippen molar-refractivity contribution in [3.63, 3.8) is 0 Å². The molecule has 2 atom stereocenters. The molecular weight excluding hydrogens is 844 g/mol. The van der Waals surface area contributed by atoms with Crippen LogP contribution in [0, 0.1) is 5.92 Å². The van der Waals surface area contributed by atoms with Crippen LogP contribution >= 0.6 is 11.6 Å². The Morgan fingerprint density at radius 2 is 1.25 bits per heavy atom. The van der Waals surface area contributed by atoms with Crippen LogP contribution in [0.2, 0.25) is 5.28 Å². The lowest BCUT2D eigenvalue weighted by molar-refractivity contribution is -0.275. The van der Waals surface area contributed by atoms with Gasteiger partial charge >= 0.3 is 12.7 Å². The normalized spacial score (nSPS) is 14.9. The van der Waals surface area contributed by atoms with Gasteiger partial charge in [0.05, 0.1) is 0 Å². The van der Waals surface area contributed by atoms with Gasteiger partial charge in [-0.05, 0) is 60.0 Å². The topological polar surface area (TPSA) is 270 Å². The molecule has 4 heterocycles. The van der Waals surface area contributed by atoms with E-state index in [2.05, 4.69) is 40.0 Å². The van der Waals surface area contributed by atoms with E-state index in [1.54, 1.807) is 38.1 Å². The number of hydrogen-bond donors (Lipinski definition) is 6. The summed E-state index contributed by atoms with van der Waals surface area (Å²) in [5, 5.41) is 5.62. The number of ether oxygens (including phenoxy) is 2. The van der Waals surface area contributed by atoms with Gasteiger partial charge < -0.3 is 47.9 Å². The van der Waals surface area contributed by atoms with Crippen LogP contribution in [0.15, 0.2) is 60.7 Å². The second-order valence-electron chi connectivity index (χ2n) is 13.6. The Morgan fingerprint density at radius 3 is 1.67 bits per heavy atom. The van der Waals surface area contributed by atoms with Crippen LogP contribution in [0.1, 0.15) is 63.5 Å². The van der Waals surface area contributed by atoms with Crippen LogP contribution < -0.4 is 47.9 Å². The van der Waals surface area contributed by atoms with Gasteiger partial charge in [0.15, 0.2) is 0 Å². The van der Waals surface area contributed by atoms with E-state index in [4.69, 9.17) is 34.5 Å². The highest BCUT2D eigenvalue weighted by Gasteiger charge is 2.34. The van der Waals surface area contributed by atoms with Crippen LogP contribution in [-0.2, 0) is 16.0 Å². The summed E-state index contributed by atoms with van der Waals surface area (Å²) in [7, 11) is 0. The van der Waals surface area contributed by atoms with Crippen LogP contribution in [-0.4, -0.2) is 88.5 Å². The third-order valence-corrected chi connectivity index (χ3v) is 9.05. The molecule has 61 heavy (non-hydrogen) atoms. The number of hydrogen-bond acceptors (Lipinski definition) is 13. The first kappa shape index (κ1) is 47.2. The van der Waals surface area contributed by atoms with E-state index >= 15 is 0 Å². The first-order valence-electron chi connectivity index (χ1n) is 18.0. The number of primary amides is 4.